The fourth-order valence-corrected chi connectivity index (χ4v) is 1.55. The molecule has 0 aliphatic heterocycles. The molecule has 0 aliphatic rings. The Kier molecular flexibility index (Phi) is 2.95. The number of nitrogens with one attached hydrogen (secondary N) is 1. The van der Waals surface area contributed by atoms with E-state index in [1.807, 2.05) is 10.9 Å². The van der Waals surface area contributed by atoms with Crippen molar-refractivity contribution < 1.29 is 9.90 Å². The smallest absolute Gasteiger partial charge is 0.353 e. The number of aromatic nitrogens is 4. The van der Waals surface area contributed by atoms with Crippen molar-refractivity contribution >= 4 is 5.97 Å². The highest BCUT2D eigenvalue weighted by Gasteiger charge is 2.10. The Balaban J connectivity index is 2.21. The lowest BCUT2D eigenvalue weighted by atomic mass is 10.2. The molecule has 6 heteroatoms. The summed E-state index contributed by atoms with van der Waals surface area (Å²) in [6, 6.07) is 1.50. The summed E-state index contributed by atoms with van der Waals surface area (Å²) in [5.74, 6) is -0.505. The molecular weight excluding hydrogens is 220 g/mol. The second kappa shape index (κ2) is 4.40. The third-order valence-electron chi connectivity index (χ3n) is 2.29. The molecule has 0 saturated heterocycles. The lowest BCUT2D eigenvalue weighted by Crippen LogP contribution is -2.03. The Morgan fingerprint density at radius 3 is 2.94 bits per heavy atom. The fraction of sp³-hybridized carbons (Fsp3) is 0.364. The average Bonchev–Trinajstić information content (AvgIpc) is 2.83. The number of aromatic carboxylic acids is 1. The van der Waals surface area contributed by atoms with Gasteiger partial charge in [0.05, 0.1) is 11.9 Å². The van der Waals surface area contributed by atoms with E-state index in [0.29, 0.717) is 11.6 Å². The summed E-state index contributed by atoms with van der Waals surface area (Å²) in [6.07, 6.45) is 3.55. The second-order valence-corrected chi connectivity index (χ2v) is 4.32. The molecule has 0 saturated carbocycles. The van der Waals surface area contributed by atoms with Crippen LogP contribution >= 0.6 is 0 Å². The summed E-state index contributed by atoms with van der Waals surface area (Å²) in [7, 11) is 0. The van der Waals surface area contributed by atoms with Crippen molar-refractivity contribution in [3.63, 3.8) is 0 Å². The Morgan fingerprint density at radius 2 is 2.35 bits per heavy atom. The number of carbonyl (C=O) groups is 1. The van der Waals surface area contributed by atoms with Gasteiger partial charge in [-0.3, -0.25) is 9.78 Å². The Hall–Kier alpha value is -2.11. The molecular formula is C11H14N4O2. The Bertz CT molecular complexity index is 527. The molecule has 0 unspecified atom stereocenters. The summed E-state index contributed by atoms with van der Waals surface area (Å²) in [6.45, 7) is 5.05. The average molecular weight is 234 g/mol. The maximum Gasteiger partial charge on any atom is 0.353 e. The fourth-order valence-electron chi connectivity index (χ4n) is 1.55. The van der Waals surface area contributed by atoms with Gasteiger partial charge in [-0.1, -0.05) is 13.8 Å². The molecule has 17 heavy (non-hydrogen) atoms. The van der Waals surface area contributed by atoms with E-state index in [0.717, 1.165) is 12.1 Å². The van der Waals surface area contributed by atoms with Crippen LogP contribution in [0.5, 0.6) is 0 Å². The van der Waals surface area contributed by atoms with E-state index in [-0.39, 0.29) is 5.69 Å². The zero-order chi connectivity index (χ0) is 12.4. The van der Waals surface area contributed by atoms with E-state index in [1.165, 1.54) is 6.07 Å². The van der Waals surface area contributed by atoms with Crippen LogP contribution in [0, 0.1) is 5.92 Å². The van der Waals surface area contributed by atoms with E-state index in [4.69, 9.17) is 5.11 Å². The molecule has 2 N–H and O–H groups in total. The molecule has 0 bridgehead atoms. The predicted octanol–water partition coefficient (Wildman–Crippen LogP) is 1.63. The monoisotopic (exact) mass is 234 g/mol. The normalized spacial score (nSPS) is 11.0. The lowest BCUT2D eigenvalue weighted by Gasteiger charge is -2.02. The van der Waals surface area contributed by atoms with Crippen molar-refractivity contribution in [2.24, 2.45) is 5.92 Å². The van der Waals surface area contributed by atoms with E-state index >= 15 is 0 Å². The zero-order valence-corrected chi connectivity index (χ0v) is 9.71. The molecule has 0 fully saturated rings. The van der Waals surface area contributed by atoms with Gasteiger partial charge in [-0.15, -0.1) is 0 Å². The van der Waals surface area contributed by atoms with Gasteiger partial charge in [-0.2, -0.15) is 10.2 Å². The first kappa shape index (κ1) is 11.4. The summed E-state index contributed by atoms with van der Waals surface area (Å²) in [4.78, 5) is 10.7. The van der Waals surface area contributed by atoms with Crippen molar-refractivity contribution in [1.82, 2.24) is 20.0 Å². The second-order valence-electron chi connectivity index (χ2n) is 4.32. The largest absolute Gasteiger partial charge is 0.477 e. The SMILES string of the molecule is CC(C)Cn1cc(-c2cc(C(=O)O)[nH]n2)cn1. The highest BCUT2D eigenvalue weighted by Crippen LogP contribution is 2.17. The van der Waals surface area contributed by atoms with Gasteiger partial charge >= 0.3 is 5.97 Å². The summed E-state index contributed by atoms with van der Waals surface area (Å²) in [5.41, 5.74) is 1.49. The van der Waals surface area contributed by atoms with E-state index in [2.05, 4.69) is 29.1 Å². The van der Waals surface area contributed by atoms with Crippen molar-refractivity contribution in [2.75, 3.05) is 0 Å². The van der Waals surface area contributed by atoms with Gasteiger partial charge in [-0.25, -0.2) is 4.79 Å². The lowest BCUT2D eigenvalue weighted by molar-refractivity contribution is 0.0690. The minimum atomic E-state index is -1.02. The number of hydrogen-bond acceptors (Lipinski definition) is 3. The van der Waals surface area contributed by atoms with Gasteiger partial charge in [0, 0.05) is 18.3 Å². The van der Waals surface area contributed by atoms with Crippen LogP contribution in [-0.4, -0.2) is 31.1 Å². The van der Waals surface area contributed by atoms with Gasteiger partial charge in [0.2, 0.25) is 0 Å². The van der Waals surface area contributed by atoms with Crippen LogP contribution in [0.3, 0.4) is 0 Å². The first-order chi connectivity index (χ1) is 8.06. The molecule has 2 aromatic heterocycles. The van der Waals surface area contributed by atoms with E-state index < -0.39 is 5.97 Å². The summed E-state index contributed by atoms with van der Waals surface area (Å²) < 4.78 is 1.83. The van der Waals surface area contributed by atoms with Crippen LogP contribution in [-0.2, 0) is 6.54 Å². The van der Waals surface area contributed by atoms with E-state index in [1.54, 1.807) is 6.20 Å². The quantitative estimate of drug-likeness (QED) is 0.842. The minimum absolute atomic E-state index is 0.0802. The molecule has 0 radical (unpaired) electrons. The van der Waals surface area contributed by atoms with Crippen molar-refractivity contribution in [2.45, 2.75) is 20.4 Å². The van der Waals surface area contributed by atoms with Gasteiger partial charge in [0.1, 0.15) is 5.69 Å². The Labute approximate surface area is 98.3 Å². The molecule has 2 aromatic rings. The van der Waals surface area contributed by atoms with Crippen LogP contribution < -0.4 is 0 Å². The molecule has 0 aromatic carbocycles. The zero-order valence-electron chi connectivity index (χ0n) is 9.71. The molecule has 0 amide bonds. The molecule has 90 valence electrons. The molecule has 0 spiro atoms. The van der Waals surface area contributed by atoms with Crippen molar-refractivity contribution in [3.8, 4) is 11.3 Å². The Morgan fingerprint density at radius 1 is 1.59 bits per heavy atom. The first-order valence-corrected chi connectivity index (χ1v) is 5.38. The maximum atomic E-state index is 10.7. The third kappa shape index (κ3) is 2.52. The van der Waals surface area contributed by atoms with Crippen LogP contribution in [0.25, 0.3) is 11.3 Å². The number of carboxylic acids is 1. The summed E-state index contributed by atoms with van der Waals surface area (Å²) >= 11 is 0. The molecule has 2 rings (SSSR count). The number of nitrogens with zero attached hydrogens (tertiary/aromatic N) is 3. The highest BCUT2D eigenvalue weighted by atomic mass is 16.4. The van der Waals surface area contributed by atoms with Crippen LogP contribution in [0.15, 0.2) is 18.5 Å². The first-order valence-electron chi connectivity index (χ1n) is 5.38. The van der Waals surface area contributed by atoms with Crippen LogP contribution in [0.4, 0.5) is 0 Å². The van der Waals surface area contributed by atoms with Crippen molar-refractivity contribution in [1.29, 1.82) is 0 Å². The topological polar surface area (TPSA) is 83.8 Å². The van der Waals surface area contributed by atoms with Gasteiger partial charge < -0.3 is 5.11 Å². The van der Waals surface area contributed by atoms with Gasteiger partial charge in [-0.05, 0) is 12.0 Å². The molecule has 0 atom stereocenters. The molecule has 2 heterocycles. The van der Waals surface area contributed by atoms with Gasteiger partial charge in [0.25, 0.3) is 0 Å². The molecule has 6 nitrogen and oxygen atoms in total. The number of aromatic amines is 1. The number of H-pyrrole nitrogens is 1. The predicted molar refractivity (Wildman–Crippen MR) is 61.6 cm³/mol. The minimum Gasteiger partial charge on any atom is -0.477 e. The highest BCUT2D eigenvalue weighted by molar-refractivity contribution is 5.86. The maximum absolute atomic E-state index is 10.7. The van der Waals surface area contributed by atoms with E-state index in [9.17, 15) is 4.79 Å². The number of hydrogen-bond donors (Lipinski definition) is 2. The van der Waals surface area contributed by atoms with Crippen molar-refractivity contribution in [3.05, 3.63) is 24.2 Å². The number of carboxylic acid groups (broad SMARTS) is 1. The van der Waals surface area contributed by atoms with Crippen LogP contribution in [0.1, 0.15) is 24.3 Å². The number of rotatable bonds is 4. The van der Waals surface area contributed by atoms with Crippen LogP contribution in [0.2, 0.25) is 0 Å². The summed E-state index contributed by atoms with van der Waals surface area (Å²) in [5, 5.41) is 19.4. The van der Waals surface area contributed by atoms with Gasteiger partial charge in [0.15, 0.2) is 0 Å². The third-order valence-corrected chi connectivity index (χ3v) is 2.29. The standard InChI is InChI=1S/C11H14N4O2/c1-7(2)5-15-6-8(4-12-15)9-3-10(11(16)17)14-13-9/h3-4,6-7H,5H2,1-2H3,(H,13,14)(H,16,17). The molecule has 0 aliphatic carbocycles.